The Morgan fingerprint density at radius 1 is 1.17 bits per heavy atom. The van der Waals surface area contributed by atoms with Gasteiger partial charge in [0.15, 0.2) is 6.61 Å². The molecule has 24 heavy (non-hydrogen) atoms. The van der Waals surface area contributed by atoms with E-state index in [9.17, 15) is 4.79 Å². The Morgan fingerprint density at radius 3 is 2.62 bits per heavy atom. The van der Waals surface area contributed by atoms with Crippen LogP contribution in [-0.2, 0) is 6.42 Å². The molecule has 2 aromatic carbocycles. The molecule has 0 fully saturated rings. The van der Waals surface area contributed by atoms with Crippen molar-refractivity contribution in [3.05, 3.63) is 75.1 Å². The summed E-state index contributed by atoms with van der Waals surface area (Å²) in [6.07, 6.45) is 0.497. The van der Waals surface area contributed by atoms with Crippen LogP contribution in [0.3, 0.4) is 0 Å². The average molecular weight is 319 g/mol. The molecule has 120 valence electrons. The number of fused-ring (bicyclic) bond motifs is 1. The van der Waals surface area contributed by atoms with Gasteiger partial charge in [-0.1, -0.05) is 30.3 Å². The largest absolute Gasteiger partial charge is 0.478 e. The molecular weight excluding hydrogens is 302 g/mol. The average Bonchev–Trinajstić information content (AvgIpc) is 2.57. The minimum absolute atomic E-state index is 0.0505. The maximum atomic E-state index is 12.4. The Balaban J connectivity index is 2.19. The molecule has 0 unspecified atom stereocenters. The highest BCUT2D eigenvalue weighted by Gasteiger charge is 2.16. The molecule has 3 aromatic rings. The van der Waals surface area contributed by atoms with Gasteiger partial charge in [-0.15, -0.1) is 0 Å². The zero-order valence-electron chi connectivity index (χ0n) is 13.6. The Morgan fingerprint density at radius 2 is 1.92 bits per heavy atom. The van der Waals surface area contributed by atoms with E-state index in [1.54, 1.807) is 0 Å². The Hall–Kier alpha value is -3.06. The number of rotatable bonds is 4. The van der Waals surface area contributed by atoms with E-state index >= 15 is 0 Å². The van der Waals surface area contributed by atoms with Crippen molar-refractivity contribution < 1.29 is 9.15 Å². The van der Waals surface area contributed by atoms with Crippen LogP contribution in [0.2, 0.25) is 0 Å². The lowest BCUT2D eigenvalue weighted by Gasteiger charge is -2.12. The molecule has 0 aliphatic rings. The van der Waals surface area contributed by atoms with Crippen LogP contribution in [0.5, 0.6) is 5.75 Å². The number of ether oxygens (including phenoxy) is 1. The Labute approximate surface area is 139 Å². The molecule has 0 amide bonds. The number of nitrogens with zero attached hydrogens (tertiary/aromatic N) is 1. The molecule has 0 aliphatic heterocycles. The lowest BCUT2D eigenvalue weighted by atomic mass is 9.98. The third-order valence-electron chi connectivity index (χ3n) is 4.00. The van der Waals surface area contributed by atoms with E-state index < -0.39 is 0 Å². The highest BCUT2D eigenvalue weighted by Crippen LogP contribution is 2.31. The van der Waals surface area contributed by atoms with Gasteiger partial charge in [0.05, 0.1) is 5.39 Å². The number of nitriles is 1. The van der Waals surface area contributed by atoms with Crippen molar-refractivity contribution in [2.45, 2.75) is 20.3 Å². The van der Waals surface area contributed by atoms with E-state index in [4.69, 9.17) is 14.4 Å². The van der Waals surface area contributed by atoms with Gasteiger partial charge in [-0.3, -0.25) is 0 Å². The summed E-state index contributed by atoms with van der Waals surface area (Å²) in [5.74, 6) is 0.571. The first-order chi connectivity index (χ1) is 11.6. The fraction of sp³-hybridized carbons (Fsp3) is 0.200. The summed E-state index contributed by atoms with van der Waals surface area (Å²) in [6.45, 7) is 3.74. The molecule has 0 spiro atoms. The van der Waals surface area contributed by atoms with Gasteiger partial charge in [0.1, 0.15) is 17.4 Å². The van der Waals surface area contributed by atoms with Crippen LogP contribution in [0, 0.1) is 25.2 Å². The van der Waals surface area contributed by atoms with Gasteiger partial charge in [-0.25, -0.2) is 4.79 Å². The van der Waals surface area contributed by atoms with Crippen molar-refractivity contribution in [3.63, 3.8) is 0 Å². The molecule has 0 saturated carbocycles. The molecule has 1 aromatic heterocycles. The molecule has 0 radical (unpaired) electrons. The summed E-state index contributed by atoms with van der Waals surface area (Å²) >= 11 is 0. The maximum absolute atomic E-state index is 12.4. The summed E-state index contributed by atoms with van der Waals surface area (Å²) in [5.41, 5.74) is 3.55. The number of aryl methyl sites for hydroxylation is 2. The summed E-state index contributed by atoms with van der Waals surface area (Å²) in [7, 11) is 0. The second kappa shape index (κ2) is 6.59. The van der Waals surface area contributed by atoms with E-state index in [0.717, 1.165) is 22.1 Å². The fourth-order valence-corrected chi connectivity index (χ4v) is 2.87. The number of benzene rings is 2. The third kappa shape index (κ3) is 3.02. The zero-order chi connectivity index (χ0) is 17.1. The lowest BCUT2D eigenvalue weighted by Crippen LogP contribution is -2.11. The van der Waals surface area contributed by atoms with Gasteiger partial charge in [0, 0.05) is 12.0 Å². The van der Waals surface area contributed by atoms with E-state index in [1.807, 2.05) is 62.4 Å². The molecule has 3 rings (SSSR count). The fourth-order valence-electron chi connectivity index (χ4n) is 2.87. The van der Waals surface area contributed by atoms with E-state index in [2.05, 4.69) is 0 Å². The van der Waals surface area contributed by atoms with Crippen molar-refractivity contribution in [3.8, 4) is 11.8 Å². The summed E-state index contributed by atoms with van der Waals surface area (Å²) in [4.78, 5) is 12.4. The molecule has 4 nitrogen and oxygen atoms in total. The highest BCUT2D eigenvalue weighted by atomic mass is 16.5. The van der Waals surface area contributed by atoms with Gasteiger partial charge in [-0.05, 0) is 42.7 Å². The van der Waals surface area contributed by atoms with Crippen LogP contribution in [0.1, 0.15) is 22.3 Å². The third-order valence-corrected chi connectivity index (χ3v) is 4.00. The molecule has 4 heteroatoms. The molecule has 0 N–H and O–H groups in total. The minimum Gasteiger partial charge on any atom is -0.478 e. The zero-order valence-corrected chi connectivity index (χ0v) is 13.6. The normalized spacial score (nSPS) is 10.5. The smallest absolute Gasteiger partial charge is 0.340 e. The second-order valence-electron chi connectivity index (χ2n) is 5.74. The molecular formula is C20H17NO3. The Kier molecular flexibility index (Phi) is 4.35. The predicted molar refractivity (Wildman–Crippen MR) is 92.3 cm³/mol. The van der Waals surface area contributed by atoms with Crippen molar-refractivity contribution >= 4 is 11.0 Å². The molecule has 0 aliphatic carbocycles. The maximum Gasteiger partial charge on any atom is 0.340 e. The monoisotopic (exact) mass is 319 g/mol. The lowest BCUT2D eigenvalue weighted by molar-refractivity contribution is 0.371. The van der Waals surface area contributed by atoms with Gasteiger partial charge in [-0.2, -0.15) is 5.26 Å². The number of hydrogen-bond donors (Lipinski definition) is 0. The quantitative estimate of drug-likeness (QED) is 0.684. The van der Waals surface area contributed by atoms with Gasteiger partial charge >= 0.3 is 5.63 Å². The molecule has 0 bridgehead atoms. The van der Waals surface area contributed by atoms with Crippen molar-refractivity contribution in [2.24, 2.45) is 0 Å². The van der Waals surface area contributed by atoms with Crippen LogP contribution in [0.15, 0.2) is 51.7 Å². The topological polar surface area (TPSA) is 63.2 Å². The first-order valence-corrected chi connectivity index (χ1v) is 7.70. The van der Waals surface area contributed by atoms with Gasteiger partial charge in [0.2, 0.25) is 0 Å². The summed E-state index contributed by atoms with van der Waals surface area (Å²) in [6, 6.07) is 15.4. The SMILES string of the molecule is Cc1cc(OCC#N)c2c(C)c(Cc3ccccc3)c(=O)oc2c1. The van der Waals surface area contributed by atoms with Crippen molar-refractivity contribution in [1.82, 2.24) is 0 Å². The van der Waals surface area contributed by atoms with Crippen molar-refractivity contribution in [1.29, 1.82) is 5.26 Å². The summed E-state index contributed by atoms with van der Waals surface area (Å²) < 4.78 is 11.1. The van der Waals surface area contributed by atoms with Crippen LogP contribution in [0.25, 0.3) is 11.0 Å². The predicted octanol–water partition coefficient (Wildman–Crippen LogP) is 3.90. The standard InChI is InChI=1S/C20H17NO3/c1-13-10-17(23-9-8-21)19-14(2)16(20(22)24-18(19)11-13)12-15-6-4-3-5-7-15/h3-7,10-11H,9,12H2,1-2H3. The first kappa shape index (κ1) is 15.8. The van der Waals surface area contributed by atoms with Crippen LogP contribution in [-0.4, -0.2) is 6.61 Å². The van der Waals surface area contributed by atoms with Gasteiger partial charge < -0.3 is 9.15 Å². The van der Waals surface area contributed by atoms with E-state index in [0.29, 0.717) is 23.3 Å². The van der Waals surface area contributed by atoms with Crippen LogP contribution < -0.4 is 10.4 Å². The van der Waals surface area contributed by atoms with Crippen LogP contribution in [0.4, 0.5) is 0 Å². The Bertz CT molecular complexity index is 982. The van der Waals surface area contributed by atoms with Crippen molar-refractivity contribution in [2.75, 3.05) is 6.61 Å². The van der Waals surface area contributed by atoms with Crippen LogP contribution >= 0.6 is 0 Å². The molecule has 0 atom stereocenters. The molecule has 0 saturated heterocycles. The summed E-state index contributed by atoms with van der Waals surface area (Å²) in [5, 5.41) is 9.53. The number of hydrogen-bond acceptors (Lipinski definition) is 4. The van der Waals surface area contributed by atoms with E-state index in [-0.39, 0.29) is 12.2 Å². The highest BCUT2D eigenvalue weighted by molar-refractivity contribution is 5.88. The minimum atomic E-state index is -0.333. The molecule has 1 heterocycles. The first-order valence-electron chi connectivity index (χ1n) is 7.70. The second-order valence-corrected chi connectivity index (χ2v) is 5.74. The van der Waals surface area contributed by atoms with Gasteiger partial charge in [0.25, 0.3) is 0 Å². The van der Waals surface area contributed by atoms with E-state index in [1.165, 1.54) is 0 Å².